The number of pyridine rings is 1. The Labute approximate surface area is 139 Å². The van der Waals surface area contributed by atoms with Gasteiger partial charge >= 0.3 is 0 Å². The SMILES string of the molecule is CCCn1c(CN(C)C(=O)c2cccc(F)c2)nc2cccnc21. The lowest BCUT2D eigenvalue weighted by Crippen LogP contribution is -2.28. The van der Waals surface area contributed by atoms with E-state index in [1.54, 1.807) is 24.2 Å². The number of fused-ring (bicyclic) bond motifs is 1. The molecule has 0 saturated heterocycles. The Balaban J connectivity index is 1.88. The van der Waals surface area contributed by atoms with Gasteiger partial charge in [-0.3, -0.25) is 4.79 Å². The number of nitrogens with zero attached hydrogens (tertiary/aromatic N) is 4. The number of aryl methyl sites for hydroxylation is 1. The van der Waals surface area contributed by atoms with Crippen molar-refractivity contribution in [2.24, 2.45) is 0 Å². The number of halogens is 1. The number of rotatable bonds is 5. The third kappa shape index (κ3) is 3.13. The van der Waals surface area contributed by atoms with Crippen LogP contribution in [0.1, 0.15) is 29.5 Å². The second-order valence-electron chi connectivity index (χ2n) is 5.70. The summed E-state index contributed by atoms with van der Waals surface area (Å²) in [4.78, 5) is 23.0. The summed E-state index contributed by atoms with van der Waals surface area (Å²) in [7, 11) is 1.69. The van der Waals surface area contributed by atoms with Crippen LogP contribution in [0.3, 0.4) is 0 Å². The fourth-order valence-electron chi connectivity index (χ4n) is 2.71. The first kappa shape index (κ1) is 16.1. The van der Waals surface area contributed by atoms with Crippen LogP contribution in [0, 0.1) is 5.82 Å². The lowest BCUT2D eigenvalue weighted by molar-refractivity contribution is 0.0779. The van der Waals surface area contributed by atoms with Crippen molar-refractivity contribution in [1.29, 1.82) is 0 Å². The number of carbonyl (C=O) groups excluding carboxylic acids is 1. The van der Waals surface area contributed by atoms with E-state index in [2.05, 4.69) is 16.9 Å². The topological polar surface area (TPSA) is 51.0 Å². The highest BCUT2D eigenvalue weighted by Crippen LogP contribution is 2.16. The van der Waals surface area contributed by atoms with E-state index in [9.17, 15) is 9.18 Å². The van der Waals surface area contributed by atoms with Crippen molar-refractivity contribution in [3.8, 4) is 0 Å². The predicted molar refractivity (Wildman–Crippen MR) is 90.0 cm³/mol. The van der Waals surface area contributed by atoms with Gasteiger partial charge in [0.05, 0.1) is 6.54 Å². The fraction of sp³-hybridized carbons (Fsp3) is 0.278. The van der Waals surface area contributed by atoms with E-state index >= 15 is 0 Å². The first-order valence-electron chi connectivity index (χ1n) is 7.91. The molecule has 5 nitrogen and oxygen atoms in total. The molecule has 0 fully saturated rings. The molecule has 3 aromatic rings. The van der Waals surface area contributed by atoms with Crippen LogP contribution in [-0.2, 0) is 13.1 Å². The molecule has 0 N–H and O–H groups in total. The molecule has 6 heteroatoms. The normalized spacial score (nSPS) is 11.0. The van der Waals surface area contributed by atoms with Crippen molar-refractivity contribution in [3.05, 3.63) is 59.8 Å². The van der Waals surface area contributed by atoms with Crippen LogP contribution in [0.5, 0.6) is 0 Å². The number of amides is 1. The zero-order valence-electron chi connectivity index (χ0n) is 13.7. The highest BCUT2D eigenvalue weighted by molar-refractivity contribution is 5.94. The van der Waals surface area contributed by atoms with Crippen molar-refractivity contribution in [2.75, 3.05) is 7.05 Å². The van der Waals surface area contributed by atoms with Gasteiger partial charge in [0, 0.05) is 25.4 Å². The largest absolute Gasteiger partial charge is 0.334 e. The van der Waals surface area contributed by atoms with Crippen LogP contribution in [0.4, 0.5) is 4.39 Å². The average molecular weight is 326 g/mol. The van der Waals surface area contributed by atoms with Gasteiger partial charge in [0.1, 0.15) is 17.2 Å². The minimum atomic E-state index is -0.420. The zero-order valence-corrected chi connectivity index (χ0v) is 13.7. The molecule has 3 rings (SSSR count). The summed E-state index contributed by atoms with van der Waals surface area (Å²) in [5, 5.41) is 0. The van der Waals surface area contributed by atoms with Crippen molar-refractivity contribution < 1.29 is 9.18 Å². The number of carbonyl (C=O) groups is 1. The quantitative estimate of drug-likeness (QED) is 0.723. The van der Waals surface area contributed by atoms with E-state index in [1.165, 1.54) is 18.2 Å². The summed E-state index contributed by atoms with van der Waals surface area (Å²) < 4.78 is 15.4. The molecule has 0 radical (unpaired) electrons. The maximum absolute atomic E-state index is 13.3. The zero-order chi connectivity index (χ0) is 17.1. The number of imidazole rings is 1. The Morgan fingerprint density at radius 3 is 2.88 bits per heavy atom. The molecule has 0 aliphatic carbocycles. The summed E-state index contributed by atoms with van der Waals surface area (Å²) in [5.41, 5.74) is 1.96. The second kappa shape index (κ2) is 6.78. The minimum Gasteiger partial charge on any atom is -0.334 e. The number of benzene rings is 1. The van der Waals surface area contributed by atoms with Gasteiger partial charge in [0.25, 0.3) is 5.91 Å². The van der Waals surface area contributed by atoms with Gasteiger partial charge in [0.15, 0.2) is 5.65 Å². The van der Waals surface area contributed by atoms with Gasteiger partial charge in [-0.15, -0.1) is 0 Å². The first-order valence-corrected chi connectivity index (χ1v) is 7.91. The molecule has 0 unspecified atom stereocenters. The minimum absolute atomic E-state index is 0.238. The lowest BCUT2D eigenvalue weighted by atomic mass is 10.2. The molecule has 0 spiro atoms. The van der Waals surface area contributed by atoms with Crippen molar-refractivity contribution in [1.82, 2.24) is 19.4 Å². The van der Waals surface area contributed by atoms with Gasteiger partial charge < -0.3 is 9.47 Å². The monoisotopic (exact) mass is 326 g/mol. The fourth-order valence-corrected chi connectivity index (χ4v) is 2.71. The Morgan fingerprint density at radius 1 is 1.29 bits per heavy atom. The summed E-state index contributed by atoms with van der Waals surface area (Å²) in [5.74, 6) is 0.118. The molecule has 124 valence electrons. The van der Waals surface area contributed by atoms with Gasteiger partial charge in [-0.2, -0.15) is 0 Å². The average Bonchev–Trinajstić information content (AvgIpc) is 2.92. The maximum Gasteiger partial charge on any atom is 0.254 e. The van der Waals surface area contributed by atoms with E-state index in [0.717, 1.165) is 30.0 Å². The molecule has 1 amide bonds. The van der Waals surface area contributed by atoms with Crippen LogP contribution in [0.15, 0.2) is 42.6 Å². The third-order valence-corrected chi connectivity index (χ3v) is 3.83. The van der Waals surface area contributed by atoms with Crippen LogP contribution in [0.25, 0.3) is 11.2 Å². The Bertz CT molecular complexity index is 874. The van der Waals surface area contributed by atoms with Crippen molar-refractivity contribution >= 4 is 17.1 Å². The van der Waals surface area contributed by atoms with Crippen LogP contribution in [0.2, 0.25) is 0 Å². The Hall–Kier alpha value is -2.76. The molecule has 2 aromatic heterocycles. The van der Waals surface area contributed by atoms with E-state index in [0.29, 0.717) is 12.1 Å². The smallest absolute Gasteiger partial charge is 0.254 e. The summed E-state index contributed by atoms with van der Waals surface area (Å²) in [6.07, 6.45) is 2.68. The summed E-state index contributed by atoms with van der Waals surface area (Å²) in [6.45, 7) is 3.21. The highest BCUT2D eigenvalue weighted by Gasteiger charge is 2.17. The van der Waals surface area contributed by atoms with Gasteiger partial charge in [-0.25, -0.2) is 14.4 Å². The molecule has 0 atom stereocenters. The van der Waals surface area contributed by atoms with E-state index in [4.69, 9.17) is 0 Å². The van der Waals surface area contributed by atoms with Gasteiger partial charge in [-0.1, -0.05) is 13.0 Å². The molecular formula is C18H19FN4O. The van der Waals surface area contributed by atoms with Crippen molar-refractivity contribution in [3.63, 3.8) is 0 Å². The number of hydrogen-bond acceptors (Lipinski definition) is 3. The van der Waals surface area contributed by atoms with Gasteiger partial charge in [0.2, 0.25) is 0 Å². The van der Waals surface area contributed by atoms with Crippen LogP contribution in [-0.4, -0.2) is 32.4 Å². The van der Waals surface area contributed by atoms with Crippen LogP contribution < -0.4 is 0 Å². The van der Waals surface area contributed by atoms with E-state index < -0.39 is 5.82 Å². The standard InChI is InChI=1S/C18H19FN4O/c1-3-10-23-16(21-15-8-5-9-20-17(15)23)12-22(2)18(24)13-6-4-7-14(19)11-13/h4-9,11H,3,10,12H2,1-2H3. The molecule has 1 aromatic carbocycles. The van der Waals surface area contributed by atoms with Crippen LogP contribution >= 0.6 is 0 Å². The number of hydrogen-bond donors (Lipinski definition) is 0. The maximum atomic E-state index is 13.3. The molecule has 24 heavy (non-hydrogen) atoms. The summed E-state index contributed by atoms with van der Waals surface area (Å²) >= 11 is 0. The first-order chi connectivity index (χ1) is 11.6. The van der Waals surface area contributed by atoms with Gasteiger partial charge in [-0.05, 0) is 36.8 Å². The highest BCUT2D eigenvalue weighted by atomic mass is 19.1. The van der Waals surface area contributed by atoms with Crippen molar-refractivity contribution in [2.45, 2.75) is 26.4 Å². The molecule has 0 aliphatic rings. The summed E-state index contributed by atoms with van der Waals surface area (Å²) in [6, 6.07) is 9.47. The molecule has 2 heterocycles. The third-order valence-electron chi connectivity index (χ3n) is 3.83. The van der Waals surface area contributed by atoms with E-state index in [-0.39, 0.29) is 5.91 Å². The molecule has 0 aliphatic heterocycles. The molecule has 0 bridgehead atoms. The predicted octanol–water partition coefficient (Wildman–Crippen LogP) is 3.25. The molecule has 0 saturated carbocycles. The Kier molecular flexibility index (Phi) is 4.55. The second-order valence-corrected chi connectivity index (χ2v) is 5.70. The number of aromatic nitrogens is 3. The molecular weight excluding hydrogens is 307 g/mol. The van der Waals surface area contributed by atoms with E-state index in [1.807, 2.05) is 16.7 Å². The lowest BCUT2D eigenvalue weighted by Gasteiger charge is -2.17. The Morgan fingerprint density at radius 2 is 2.12 bits per heavy atom.